The topological polar surface area (TPSA) is 0 Å². The molecular formula is C27H39La. The fraction of sp³-hybridized carbons (Fsp3) is 0.556. The monoisotopic (exact) mass is 502 g/mol. The quantitative estimate of drug-likeness (QED) is 0.322. The largest absolute Gasteiger partial charge is 3.00 e. The Morgan fingerprint density at radius 1 is 0.607 bits per heavy atom. The van der Waals surface area contributed by atoms with Crippen LogP contribution in [0.25, 0.3) is 0 Å². The van der Waals surface area contributed by atoms with Crippen LogP contribution in [0.4, 0.5) is 0 Å². The van der Waals surface area contributed by atoms with Crippen LogP contribution >= 0.6 is 0 Å². The maximum Gasteiger partial charge on any atom is 3.00 e. The van der Waals surface area contributed by atoms with Crippen molar-refractivity contribution in [1.82, 2.24) is 0 Å². The average molecular weight is 503 g/mol. The summed E-state index contributed by atoms with van der Waals surface area (Å²) in [7, 11) is 0. The van der Waals surface area contributed by atoms with E-state index in [1.807, 2.05) is 0 Å². The van der Waals surface area contributed by atoms with Gasteiger partial charge in [-0.05, 0) is 0 Å². The first-order valence-electron chi connectivity index (χ1n) is 10.8. The van der Waals surface area contributed by atoms with Crippen molar-refractivity contribution in [3.05, 3.63) is 71.4 Å². The number of hydrogen-bond donors (Lipinski definition) is 0. The maximum atomic E-state index is 3.31. The Labute approximate surface area is 203 Å². The van der Waals surface area contributed by atoms with Crippen LogP contribution in [0.2, 0.25) is 0 Å². The second kappa shape index (κ2) is 16.4. The fourth-order valence-corrected chi connectivity index (χ4v) is 2.94. The van der Waals surface area contributed by atoms with Crippen LogP contribution in [-0.4, -0.2) is 0 Å². The third-order valence-electron chi connectivity index (χ3n) is 5.59. The summed E-state index contributed by atoms with van der Waals surface area (Å²) < 4.78 is 0. The second-order valence-electron chi connectivity index (χ2n) is 7.64. The van der Waals surface area contributed by atoms with Gasteiger partial charge in [0.05, 0.1) is 0 Å². The molecule has 3 aliphatic carbocycles. The van der Waals surface area contributed by atoms with Crippen LogP contribution in [0.3, 0.4) is 0 Å². The number of hydrogen-bond acceptors (Lipinski definition) is 0. The van der Waals surface area contributed by atoms with Crippen molar-refractivity contribution in [2.24, 2.45) is 17.8 Å². The van der Waals surface area contributed by atoms with Gasteiger partial charge in [0.25, 0.3) is 0 Å². The molecular weight excluding hydrogens is 463 g/mol. The molecule has 0 aliphatic heterocycles. The molecule has 0 aromatic carbocycles. The third-order valence-corrected chi connectivity index (χ3v) is 5.59. The van der Waals surface area contributed by atoms with Crippen LogP contribution in [0, 0.1) is 71.6 Å². The minimum absolute atomic E-state index is 0. The van der Waals surface area contributed by atoms with E-state index in [2.05, 4.69) is 96.2 Å². The Balaban J connectivity index is 0.000000384. The van der Waals surface area contributed by atoms with Gasteiger partial charge in [0.2, 0.25) is 0 Å². The molecule has 28 heavy (non-hydrogen) atoms. The molecule has 0 fully saturated rings. The Bertz CT molecular complexity index is 512. The van der Waals surface area contributed by atoms with Gasteiger partial charge in [0.15, 0.2) is 0 Å². The summed E-state index contributed by atoms with van der Waals surface area (Å²) in [5.74, 6) is 2.14. The van der Waals surface area contributed by atoms with Crippen molar-refractivity contribution >= 4 is 0 Å². The maximum absolute atomic E-state index is 3.31. The van der Waals surface area contributed by atoms with Gasteiger partial charge in [-0.2, -0.15) is 18.2 Å². The van der Waals surface area contributed by atoms with E-state index in [9.17, 15) is 0 Å². The van der Waals surface area contributed by atoms with E-state index in [0.29, 0.717) is 17.8 Å². The summed E-state index contributed by atoms with van der Waals surface area (Å²) >= 11 is 0. The molecule has 0 saturated heterocycles. The molecule has 0 nitrogen and oxygen atoms in total. The van der Waals surface area contributed by atoms with Crippen molar-refractivity contribution in [3.63, 3.8) is 0 Å². The molecule has 3 rings (SSSR count). The zero-order valence-electron chi connectivity index (χ0n) is 19.0. The van der Waals surface area contributed by atoms with E-state index in [0.717, 1.165) is 19.3 Å². The van der Waals surface area contributed by atoms with Crippen LogP contribution in [0.1, 0.15) is 80.1 Å². The minimum atomic E-state index is 0. The first-order chi connectivity index (χ1) is 13.0. The van der Waals surface area contributed by atoms with Crippen molar-refractivity contribution in [3.8, 4) is 0 Å². The first-order valence-corrected chi connectivity index (χ1v) is 10.8. The molecule has 3 atom stereocenters. The summed E-state index contributed by atoms with van der Waals surface area (Å²) in [5, 5.41) is 0. The Kier molecular flexibility index (Phi) is 16.2. The number of allylic oxidation sites excluding steroid dienone is 12. The molecule has 0 bridgehead atoms. The second-order valence-corrected chi connectivity index (χ2v) is 7.64. The van der Waals surface area contributed by atoms with Crippen LogP contribution in [0.15, 0.2) is 53.2 Å². The van der Waals surface area contributed by atoms with E-state index in [1.54, 1.807) is 0 Å². The Morgan fingerprint density at radius 3 is 1.00 bits per heavy atom. The van der Waals surface area contributed by atoms with Gasteiger partial charge in [-0.15, -0.1) is 19.3 Å². The van der Waals surface area contributed by atoms with Gasteiger partial charge in [0, 0.05) is 0 Å². The van der Waals surface area contributed by atoms with Gasteiger partial charge >= 0.3 is 35.6 Å². The predicted molar refractivity (Wildman–Crippen MR) is 120 cm³/mol. The summed E-state index contributed by atoms with van der Waals surface area (Å²) in [6, 6.07) is 0. The number of rotatable bonds is 6. The molecule has 0 spiro atoms. The molecule has 3 unspecified atom stereocenters. The average Bonchev–Trinajstić information content (AvgIpc) is 3.48. The molecule has 150 valence electrons. The van der Waals surface area contributed by atoms with Crippen molar-refractivity contribution in [2.75, 3.05) is 0 Å². The van der Waals surface area contributed by atoms with Gasteiger partial charge in [-0.3, -0.25) is 18.2 Å². The van der Waals surface area contributed by atoms with Crippen LogP contribution in [0.5, 0.6) is 0 Å². The zero-order chi connectivity index (χ0) is 20.1. The summed E-state index contributed by atoms with van der Waals surface area (Å²) in [5.41, 5.74) is 4.20. The van der Waals surface area contributed by atoms with E-state index >= 15 is 0 Å². The Morgan fingerprint density at radius 2 is 0.857 bits per heavy atom. The van der Waals surface area contributed by atoms with E-state index in [4.69, 9.17) is 0 Å². The van der Waals surface area contributed by atoms with E-state index in [-0.39, 0.29) is 35.6 Å². The third kappa shape index (κ3) is 10.4. The molecule has 0 saturated carbocycles. The van der Waals surface area contributed by atoms with Gasteiger partial charge in [-0.1, -0.05) is 78.6 Å². The van der Waals surface area contributed by atoms with Crippen molar-refractivity contribution < 1.29 is 35.6 Å². The summed E-state index contributed by atoms with van der Waals surface area (Å²) in [4.78, 5) is 0. The minimum Gasteiger partial charge on any atom is -0.269 e. The molecule has 3 aliphatic rings. The summed E-state index contributed by atoms with van der Waals surface area (Å²) in [6.45, 7) is 13.4. The predicted octanol–water partition coefficient (Wildman–Crippen LogP) is 8.17. The molecule has 0 N–H and O–H groups in total. The first kappa shape index (κ1) is 27.6. The van der Waals surface area contributed by atoms with Crippen LogP contribution in [-0.2, 0) is 0 Å². The molecule has 1 heteroatoms. The van der Waals surface area contributed by atoms with Crippen molar-refractivity contribution in [1.29, 1.82) is 0 Å². The summed E-state index contributed by atoms with van der Waals surface area (Å²) in [6.07, 6.45) is 29.8. The van der Waals surface area contributed by atoms with Crippen LogP contribution < -0.4 is 0 Å². The van der Waals surface area contributed by atoms with Crippen molar-refractivity contribution in [2.45, 2.75) is 80.1 Å². The van der Waals surface area contributed by atoms with E-state index < -0.39 is 0 Å². The molecule has 0 aromatic heterocycles. The SMILES string of the molecule is CCC(C)C1=[C-]CC=C1.CCC(C)C1=[C-]CC=C1.CCC(C)C1=[C-]CC=C1.[La+3]. The fourth-order valence-electron chi connectivity index (χ4n) is 2.94. The zero-order valence-corrected chi connectivity index (χ0v) is 22.6. The normalized spacial score (nSPS) is 19.3. The molecule has 0 amide bonds. The molecule has 0 radical (unpaired) electrons. The van der Waals surface area contributed by atoms with Gasteiger partial charge in [-0.25, -0.2) is 34.9 Å². The van der Waals surface area contributed by atoms with E-state index in [1.165, 1.54) is 36.0 Å². The van der Waals surface area contributed by atoms with Gasteiger partial charge < -0.3 is 0 Å². The molecule has 0 aromatic rings. The Hall–Kier alpha value is -0.365. The van der Waals surface area contributed by atoms with Gasteiger partial charge in [0.1, 0.15) is 0 Å². The standard InChI is InChI=1S/3C9H13.La/c3*1-3-8(2)9-6-4-5-7-9;/h3*4,6,8H,3,5H2,1-2H3;/q3*-1;+3. The smallest absolute Gasteiger partial charge is 0.269 e. The molecule has 0 heterocycles.